The lowest BCUT2D eigenvalue weighted by Crippen LogP contribution is -2.04. The molecule has 1 aliphatic heterocycles. The number of alkyl halides is 1. The highest BCUT2D eigenvalue weighted by Crippen LogP contribution is 2.45. The first-order valence-electron chi connectivity index (χ1n) is 4.43. The molecule has 1 aromatic carbocycles. The van der Waals surface area contributed by atoms with Crippen molar-refractivity contribution in [3.8, 4) is 5.75 Å². The van der Waals surface area contributed by atoms with E-state index in [4.69, 9.17) is 39.5 Å². The van der Waals surface area contributed by atoms with Crippen LogP contribution in [0.5, 0.6) is 5.75 Å². The molecule has 1 atom stereocenters. The van der Waals surface area contributed by atoms with Gasteiger partial charge in [0.15, 0.2) is 5.75 Å². The van der Waals surface area contributed by atoms with Crippen LogP contribution in [0.25, 0.3) is 0 Å². The van der Waals surface area contributed by atoms with Crippen molar-refractivity contribution in [2.45, 2.75) is 4.71 Å². The van der Waals surface area contributed by atoms with E-state index >= 15 is 0 Å². The van der Waals surface area contributed by atoms with Gasteiger partial charge in [-0.3, -0.25) is 4.31 Å². The number of benzene rings is 1. The highest BCUT2D eigenvalue weighted by Gasteiger charge is 2.25. The van der Waals surface area contributed by atoms with Crippen LogP contribution in [0.3, 0.4) is 0 Å². The van der Waals surface area contributed by atoms with Crippen molar-refractivity contribution < 1.29 is 4.74 Å². The lowest BCUT2D eigenvalue weighted by molar-refractivity contribution is 0.416. The van der Waals surface area contributed by atoms with Crippen molar-refractivity contribution in [1.82, 2.24) is 0 Å². The number of methoxy groups -OCH3 is 1. The predicted molar refractivity (Wildman–Crippen MR) is 71.7 cm³/mol. The van der Waals surface area contributed by atoms with Gasteiger partial charge in [0.1, 0.15) is 4.71 Å². The number of rotatable bonds is 2. The summed E-state index contributed by atoms with van der Waals surface area (Å²) >= 11 is 19.4. The molecule has 0 radical (unpaired) electrons. The maximum Gasteiger partial charge on any atom is 0.161 e. The second-order valence-electron chi connectivity index (χ2n) is 3.05. The van der Waals surface area contributed by atoms with Gasteiger partial charge < -0.3 is 4.74 Å². The summed E-state index contributed by atoms with van der Waals surface area (Å²) in [4.78, 5) is 0. The minimum Gasteiger partial charge on any atom is -0.493 e. The topological polar surface area (TPSA) is 12.5 Å². The number of anilines is 1. The summed E-state index contributed by atoms with van der Waals surface area (Å²) in [6, 6.07) is 5.52. The Kier molecular flexibility index (Phi) is 3.80. The molecule has 1 unspecified atom stereocenters. The molecule has 1 aromatic rings. The molecule has 0 aliphatic carbocycles. The molecule has 0 N–H and O–H groups in total. The van der Waals surface area contributed by atoms with Gasteiger partial charge in [0.05, 0.1) is 22.9 Å². The van der Waals surface area contributed by atoms with Crippen molar-refractivity contribution in [2.24, 2.45) is 0 Å². The number of para-hydroxylation sites is 1. The van der Waals surface area contributed by atoms with Gasteiger partial charge in [-0.2, -0.15) is 0 Å². The monoisotopic (exact) mass is 295 g/mol. The second-order valence-corrected chi connectivity index (χ2v) is 5.67. The van der Waals surface area contributed by atoms with Gasteiger partial charge >= 0.3 is 0 Å². The molecule has 0 aromatic heterocycles. The summed E-state index contributed by atoms with van der Waals surface area (Å²) in [7, 11) is 1.58. The number of halogens is 3. The van der Waals surface area contributed by atoms with E-state index in [2.05, 4.69) is 0 Å². The van der Waals surface area contributed by atoms with Crippen molar-refractivity contribution in [3.05, 3.63) is 34.5 Å². The van der Waals surface area contributed by atoms with Crippen LogP contribution in [-0.2, 0) is 0 Å². The fourth-order valence-corrected chi connectivity index (χ4v) is 2.98. The van der Waals surface area contributed by atoms with E-state index < -0.39 is 0 Å². The van der Waals surface area contributed by atoms with Gasteiger partial charge in [-0.25, -0.2) is 0 Å². The van der Waals surface area contributed by atoms with Gasteiger partial charge in [-0.15, -0.1) is 11.6 Å². The maximum absolute atomic E-state index is 6.03. The number of nitrogens with zero attached hydrogens (tertiary/aromatic N) is 1. The highest BCUT2D eigenvalue weighted by atomic mass is 35.5. The van der Waals surface area contributed by atoms with Crippen LogP contribution in [0.1, 0.15) is 0 Å². The Bertz CT molecular complexity index is 438. The lowest BCUT2D eigenvalue weighted by Gasteiger charge is -2.18. The van der Waals surface area contributed by atoms with Gasteiger partial charge in [0.2, 0.25) is 0 Å². The summed E-state index contributed by atoms with van der Waals surface area (Å²) in [5.41, 5.74) is 0.835. The Hall–Kier alpha value is -0.220. The SMILES string of the molecule is COc1c(Cl)cccc1N1C=C(Cl)C(Cl)S1. The quantitative estimate of drug-likeness (QED) is 0.590. The molecule has 1 aliphatic rings. The largest absolute Gasteiger partial charge is 0.493 e. The summed E-state index contributed by atoms with van der Waals surface area (Å²) in [6.45, 7) is 0. The van der Waals surface area contributed by atoms with Crippen LogP contribution >= 0.6 is 46.8 Å². The molecule has 6 heteroatoms. The van der Waals surface area contributed by atoms with Crippen molar-refractivity contribution in [2.75, 3.05) is 11.4 Å². The molecule has 0 amide bonds. The molecule has 1 heterocycles. The third kappa shape index (κ3) is 2.23. The van der Waals surface area contributed by atoms with Crippen LogP contribution in [0.2, 0.25) is 5.02 Å². The fourth-order valence-electron chi connectivity index (χ4n) is 1.35. The Labute approximate surface area is 113 Å². The molecule has 2 nitrogen and oxygen atoms in total. The maximum atomic E-state index is 6.03. The van der Waals surface area contributed by atoms with E-state index in [-0.39, 0.29) is 4.71 Å². The van der Waals surface area contributed by atoms with Crippen molar-refractivity contribution in [3.63, 3.8) is 0 Å². The summed E-state index contributed by atoms with van der Waals surface area (Å²) in [5.74, 6) is 0.614. The van der Waals surface area contributed by atoms with Crippen LogP contribution < -0.4 is 9.04 Å². The third-order valence-corrected chi connectivity index (χ3v) is 4.35. The number of hydrogen-bond donors (Lipinski definition) is 0. The van der Waals surface area contributed by atoms with E-state index in [0.29, 0.717) is 15.8 Å². The van der Waals surface area contributed by atoms with Gasteiger partial charge in [-0.05, 0) is 24.1 Å². The normalized spacial score (nSPS) is 19.9. The second kappa shape index (κ2) is 4.96. The van der Waals surface area contributed by atoms with E-state index in [1.165, 1.54) is 11.9 Å². The first kappa shape index (κ1) is 12.2. The average Bonchev–Trinajstić information content (AvgIpc) is 2.59. The van der Waals surface area contributed by atoms with E-state index in [9.17, 15) is 0 Å². The zero-order chi connectivity index (χ0) is 11.7. The fraction of sp³-hybridized carbons (Fsp3) is 0.200. The molecular weight excluding hydrogens is 289 g/mol. The van der Waals surface area contributed by atoms with Crippen LogP contribution in [0.4, 0.5) is 5.69 Å². The van der Waals surface area contributed by atoms with E-state index in [1.807, 2.05) is 16.4 Å². The van der Waals surface area contributed by atoms with Crippen LogP contribution in [0.15, 0.2) is 29.4 Å². The van der Waals surface area contributed by atoms with Gasteiger partial charge in [-0.1, -0.05) is 29.3 Å². The molecule has 0 saturated carbocycles. The zero-order valence-electron chi connectivity index (χ0n) is 8.28. The average molecular weight is 297 g/mol. The number of ether oxygens (including phenoxy) is 1. The highest BCUT2D eigenvalue weighted by molar-refractivity contribution is 8.03. The zero-order valence-corrected chi connectivity index (χ0v) is 11.4. The van der Waals surface area contributed by atoms with Crippen molar-refractivity contribution in [1.29, 1.82) is 0 Å². The Balaban J connectivity index is 2.38. The van der Waals surface area contributed by atoms with Gasteiger partial charge in [0.25, 0.3) is 0 Å². The van der Waals surface area contributed by atoms with Crippen LogP contribution in [0, 0.1) is 0 Å². The Morgan fingerprint density at radius 1 is 1.38 bits per heavy atom. The molecule has 16 heavy (non-hydrogen) atoms. The molecule has 0 fully saturated rings. The van der Waals surface area contributed by atoms with Crippen LogP contribution in [-0.4, -0.2) is 11.8 Å². The third-order valence-electron chi connectivity index (χ3n) is 2.05. The summed E-state index contributed by atoms with van der Waals surface area (Å²) < 4.78 is 6.85. The Morgan fingerprint density at radius 2 is 2.12 bits per heavy atom. The molecule has 86 valence electrons. The predicted octanol–water partition coefficient (Wildman–Crippen LogP) is 4.46. The molecule has 0 saturated heterocycles. The summed E-state index contributed by atoms with van der Waals surface area (Å²) in [6.07, 6.45) is 1.76. The minimum absolute atomic E-state index is 0.259. The first-order chi connectivity index (χ1) is 7.63. The lowest BCUT2D eigenvalue weighted by atomic mass is 10.3. The summed E-state index contributed by atoms with van der Waals surface area (Å²) in [5, 5.41) is 1.15. The first-order valence-corrected chi connectivity index (χ1v) is 6.46. The van der Waals surface area contributed by atoms with Gasteiger partial charge in [0, 0.05) is 6.20 Å². The molecule has 0 bridgehead atoms. The van der Waals surface area contributed by atoms with Crippen molar-refractivity contribution >= 4 is 52.4 Å². The van der Waals surface area contributed by atoms with E-state index in [1.54, 1.807) is 19.4 Å². The number of hydrogen-bond acceptors (Lipinski definition) is 3. The molecular formula is C10H8Cl3NOS. The Morgan fingerprint density at radius 3 is 2.69 bits per heavy atom. The standard InChI is InChI=1S/C10H8Cl3NOS/c1-15-9-6(11)3-2-4-8(9)14-5-7(12)10(13)16-14/h2-5,10H,1H3. The molecule has 2 rings (SSSR count). The molecule has 0 spiro atoms. The minimum atomic E-state index is -0.259. The van der Waals surface area contributed by atoms with E-state index in [0.717, 1.165) is 5.69 Å². The smallest absolute Gasteiger partial charge is 0.161 e.